The predicted molar refractivity (Wildman–Crippen MR) is 124 cm³/mol. The molecule has 1 fully saturated rings. The van der Waals surface area contributed by atoms with Crippen LogP contribution in [0.25, 0.3) is 5.69 Å². The molecule has 1 N–H and O–H groups in total. The number of aromatic nitrogens is 1. The first-order chi connectivity index (χ1) is 16.7. The van der Waals surface area contributed by atoms with E-state index in [9.17, 15) is 22.4 Å². The smallest absolute Gasteiger partial charge is 0.416 e. The second-order valence-corrected chi connectivity index (χ2v) is 8.87. The second-order valence-electron chi connectivity index (χ2n) is 8.43. The normalized spacial score (nSPS) is 18.9. The van der Waals surface area contributed by atoms with Gasteiger partial charge in [-0.25, -0.2) is 4.39 Å². The van der Waals surface area contributed by atoms with Gasteiger partial charge in [0.2, 0.25) is 0 Å². The van der Waals surface area contributed by atoms with Gasteiger partial charge in [-0.2, -0.15) is 13.2 Å². The van der Waals surface area contributed by atoms with Crippen LogP contribution in [-0.2, 0) is 17.5 Å². The van der Waals surface area contributed by atoms with Gasteiger partial charge in [-0.1, -0.05) is 17.7 Å². The standard InChI is InChI=1S/C25H24ClF4N3O2/c26-19-2-1-3-21(12-19)35-16-24(34)31-23-9-10-32(15-22(23)27)13-17-8-11-33(14-17)20-6-4-18(5-7-20)25(28,29)30/h1-8,11-12,14,22-23H,9-10,13,15-16H2,(H,31,34)/t22-,23+/m1/s1. The lowest BCUT2D eigenvalue weighted by Gasteiger charge is -2.34. The number of ether oxygens (including phenoxy) is 1. The van der Waals surface area contributed by atoms with Crippen molar-refractivity contribution in [2.24, 2.45) is 0 Å². The van der Waals surface area contributed by atoms with Crippen LogP contribution >= 0.6 is 11.6 Å². The number of rotatable bonds is 7. The lowest BCUT2D eigenvalue weighted by molar-refractivity contribution is -0.137. The Hall–Kier alpha value is -3.04. The zero-order chi connectivity index (χ0) is 25.0. The average Bonchev–Trinajstić information content (AvgIpc) is 3.27. The molecular formula is C25H24ClF4N3O2. The van der Waals surface area contributed by atoms with Crippen LogP contribution in [0.2, 0.25) is 5.02 Å². The maximum Gasteiger partial charge on any atom is 0.416 e. The minimum atomic E-state index is -4.38. The molecule has 2 aromatic carbocycles. The molecule has 0 radical (unpaired) electrons. The number of benzene rings is 2. The zero-order valence-corrected chi connectivity index (χ0v) is 19.4. The molecule has 3 aromatic rings. The van der Waals surface area contributed by atoms with Gasteiger partial charge in [-0.05, 0) is 60.5 Å². The van der Waals surface area contributed by atoms with Crippen molar-refractivity contribution in [3.05, 3.63) is 83.1 Å². The van der Waals surface area contributed by atoms with Crippen LogP contribution in [0.3, 0.4) is 0 Å². The van der Waals surface area contributed by atoms with Crippen molar-refractivity contribution in [2.75, 3.05) is 19.7 Å². The van der Waals surface area contributed by atoms with Crippen LogP contribution in [-0.4, -0.2) is 47.3 Å². The van der Waals surface area contributed by atoms with E-state index in [1.807, 2.05) is 17.2 Å². The van der Waals surface area contributed by atoms with E-state index in [1.54, 1.807) is 35.0 Å². The van der Waals surface area contributed by atoms with Gasteiger partial charge in [0.05, 0.1) is 11.6 Å². The van der Waals surface area contributed by atoms with Crippen LogP contribution in [0.15, 0.2) is 67.0 Å². The molecule has 1 amide bonds. The van der Waals surface area contributed by atoms with E-state index in [0.29, 0.717) is 36.0 Å². The Morgan fingerprint density at radius 2 is 1.91 bits per heavy atom. The highest BCUT2D eigenvalue weighted by Crippen LogP contribution is 2.29. The third kappa shape index (κ3) is 6.76. The number of likely N-dealkylation sites (tertiary alicyclic amines) is 1. The summed E-state index contributed by atoms with van der Waals surface area (Å²) in [6.07, 6.45) is -1.59. The SMILES string of the molecule is O=C(COc1cccc(Cl)c1)N[C@H]1CCN(Cc2ccn(-c3ccc(C(F)(F)F)cc3)c2)C[C@H]1F. The third-order valence-electron chi connectivity index (χ3n) is 5.79. The summed E-state index contributed by atoms with van der Waals surface area (Å²) < 4.78 is 60.2. The van der Waals surface area contributed by atoms with E-state index in [0.717, 1.165) is 17.7 Å². The number of hydrogen-bond donors (Lipinski definition) is 1. The monoisotopic (exact) mass is 509 g/mol. The molecule has 0 unspecified atom stereocenters. The summed E-state index contributed by atoms with van der Waals surface area (Å²) in [5.41, 5.74) is 0.817. The highest BCUT2D eigenvalue weighted by Gasteiger charge is 2.31. The van der Waals surface area contributed by atoms with Crippen molar-refractivity contribution in [2.45, 2.75) is 31.4 Å². The first-order valence-electron chi connectivity index (χ1n) is 11.1. The van der Waals surface area contributed by atoms with E-state index in [4.69, 9.17) is 16.3 Å². The highest BCUT2D eigenvalue weighted by atomic mass is 35.5. The van der Waals surface area contributed by atoms with Crippen LogP contribution in [0.4, 0.5) is 17.6 Å². The summed E-state index contributed by atoms with van der Waals surface area (Å²) >= 11 is 5.89. The minimum Gasteiger partial charge on any atom is -0.484 e. The first-order valence-corrected chi connectivity index (χ1v) is 11.4. The molecule has 2 heterocycles. The molecule has 1 aromatic heterocycles. The third-order valence-corrected chi connectivity index (χ3v) is 6.03. The van der Waals surface area contributed by atoms with Crippen molar-refractivity contribution in [1.82, 2.24) is 14.8 Å². The van der Waals surface area contributed by atoms with Gasteiger partial charge in [-0.3, -0.25) is 9.69 Å². The Labute approximate surface area is 205 Å². The van der Waals surface area contributed by atoms with Crippen molar-refractivity contribution >= 4 is 17.5 Å². The van der Waals surface area contributed by atoms with Gasteiger partial charge in [0.25, 0.3) is 5.91 Å². The fraction of sp³-hybridized carbons (Fsp3) is 0.320. The molecule has 1 aliphatic rings. The first kappa shape index (κ1) is 25.1. The van der Waals surface area contributed by atoms with E-state index < -0.39 is 29.9 Å². The number of alkyl halides is 4. The number of halogens is 5. The van der Waals surface area contributed by atoms with Crippen molar-refractivity contribution < 1.29 is 27.1 Å². The number of nitrogens with zero attached hydrogens (tertiary/aromatic N) is 2. The number of piperidine rings is 1. The predicted octanol–water partition coefficient (Wildman–Crippen LogP) is 5.26. The summed E-state index contributed by atoms with van der Waals surface area (Å²) in [6, 6.07) is 12.8. The number of carbonyl (C=O) groups excluding carboxylic acids is 1. The minimum absolute atomic E-state index is 0.158. The molecule has 5 nitrogen and oxygen atoms in total. The molecule has 1 aliphatic heterocycles. The molecule has 0 saturated carbocycles. The molecule has 0 bridgehead atoms. The zero-order valence-electron chi connectivity index (χ0n) is 18.6. The lowest BCUT2D eigenvalue weighted by atomic mass is 10.0. The number of hydrogen-bond acceptors (Lipinski definition) is 3. The van der Waals surface area contributed by atoms with Gasteiger partial charge >= 0.3 is 6.18 Å². The molecule has 10 heteroatoms. The fourth-order valence-corrected chi connectivity index (χ4v) is 4.18. The molecule has 186 valence electrons. The fourth-order valence-electron chi connectivity index (χ4n) is 4.00. The largest absolute Gasteiger partial charge is 0.484 e. The Bertz CT molecular complexity index is 1150. The molecule has 0 spiro atoms. The Morgan fingerprint density at radius 1 is 1.14 bits per heavy atom. The molecule has 4 rings (SSSR count). The Morgan fingerprint density at radius 3 is 2.60 bits per heavy atom. The molecule has 1 saturated heterocycles. The Balaban J connectivity index is 1.25. The average molecular weight is 510 g/mol. The van der Waals surface area contributed by atoms with E-state index in [1.165, 1.54) is 12.1 Å². The quantitative estimate of drug-likeness (QED) is 0.442. The van der Waals surface area contributed by atoms with Crippen molar-refractivity contribution in [1.29, 1.82) is 0 Å². The number of amides is 1. The van der Waals surface area contributed by atoms with Gasteiger partial charge in [-0.15, -0.1) is 0 Å². The van der Waals surface area contributed by atoms with Crippen molar-refractivity contribution in [3.8, 4) is 11.4 Å². The molecule has 2 atom stereocenters. The maximum atomic E-state index is 14.8. The van der Waals surface area contributed by atoms with Crippen LogP contribution in [0.5, 0.6) is 5.75 Å². The number of carbonyl (C=O) groups is 1. The molecular weight excluding hydrogens is 486 g/mol. The topological polar surface area (TPSA) is 46.5 Å². The van der Waals surface area contributed by atoms with Crippen molar-refractivity contribution in [3.63, 3.8) is 0 Å². The second kappa shape index (κ2) is 10.7. The van der Waals surface area contributed by atoms with Gasteiger partial charge in [0, 0.05) is 42.7 Å². The summed E-state index contributed by atoms with van der Waals surface area (Å²) in [4.78, 5) is 14.1. The van der Waals surface area contributed by atoms with Gasteiger partial charge in [0.15, 0.2) is 6.61 Å². The van der Waals surface area contributed by atoms with E-state index in [2.05, 4.69) is 5.32 Å². The van der Waals surface area contributed by atoms with Gasteiger partial charge < -0.3 is 14.6 Å². The summed E-state index contributed by atoms with van der Waals surface area (Å²) in [7, 11) is 0. The van der Waals surface area contributed by atoms with E-state index >= 15 is 0 Å². The molecule has 0 aliphatic carbocycles. The summed E-state index contributed by atoms with van der Waals surface area (Å²) in [5, 5.41) is 3.19. The highest BCUT2D eigenvalue weighted by molar-refractivity contribution is 6.30. The maximum absolute atomic E-state index is 14.8. The Kier molecular flexibility index (Phi) is 7.66. The number of nitrogens with one attached hydrogen (secondary N) is 1. The van der Waals surface area contributed by atoms with Gasteiger partial charge in [0.1, 0.15) is 11.9 Å². The van der Waals surface area contributed by atoms with Crippen LogP contribution < -0.4 is 10.1 Å². The summed E-state index contributed by atoms with van der Waals surface area (Å²) in [5.74, 6) is 0.0576. The van der Waals surface area contributed by atoms with E-state index in [-0.39, 0.29) is 13.2 Å². The lowest BCUT2D eigenvalue weighted by Crippen LogP contribution is -2.52. The van der Waals surface area contributed by atoms with Crippen LogP contribution in [0.1, 0.15) is 17.5 Å². The molecule has 35 heavy (non-hydrogen) atoms. The van der Waals surface area contributed by atoms with Crippen LogP contribution in [0, 0.1) is 0 Å². The summed E-state index contributed by atoms with van der Waals surface area (Å²) in [6.45, 7) is 1.01.